The lowest BCUT2D eigenvalue weighted by molar-refractivity contribution is -0.148. The summed E-state index contributed by atoms with van der Waals surface area (Å²) in [4.78, 5) is 37.9. The van der Waals surface area contributed by atoms with Crippen LogP contribution in [0, 0.1) is 5.92 Å². The van der Waals surface area contributed by atoms with Gasteiger partial charge in [0.2, 0.25) is 5.91 Å². The molecule has 0 saturated carbocycles. The van der Waals surface area contributed by atoms with Gasteiger partial charge in [-0.25, -0.2) is 4.79 Å². The summed E-state index contributed by atoms with van der Waals surface area (Å²) in [7, 11) is 0. The summed E-state index contributed by atoms with van der Waals surface area (Å²) in [5, 5.41) is 11.9. The monoisotopic (exact) mass is 480 g/mol. The molecule has 0 aromatic heterocycles. The van der Waals surface area contributed by atoms with Crippen molar-refractivity contribution in [3.05, 3.63) is 59.7 Å². The molecule has 1 heterocycles. The number of rotatable bonds is 9. The van der Waals surface area contributed by atoms with Gasteiger partial charge in [0.1, 0.15) is 13.2 Å². The molecule has 186 valence electrons. The SMILES string of the molecule is CCC(C)N(CC(=O)O)C(=O)[C@@H]1CO[C@H](CNC(=O)OCC2c3ccccc3-c3ccccc32)C1. The van der Waals surface area contributed by atoms with E-state index in [-0.39, 0.29) is 50.3 Å². The van der Waals surface area contributed by atoms with E-state index < -0.39 is 18.0 Å². The molecule has 2 aliphatic rings. The molecule has 1 aliphatic heterocycles. The predicted molar refractivity (Wildman–Crippen MR) is 130 cm³/mol. The number of benzene rings is 2. The Morgan fingerprint density at radius 2 is 1.74 bits per heavy atom. The minimum Gasteiger partial charge on any atom is -0.480 e. The van der Waals surface area contributed by atoms with Gasteiger partial charge in [-0.3, -0.25) is 9.59 Å². The molecule has 8 heteroatoms. The highest BCUT2D eigenvalue weighted by atomic mass is 16.5. The molecule has 2 amide bonds. The number of ether oxygens (including phenoxy) is 2. The topological polar surface area (TPSA) is 105 Å². The van der Waals surface area contributed by atoms with Gasteiger partial charge in [-0.1, -0.05) is 55.5 Å². The fourth-order valence-electron chi connectivity index (χ4n) is 4.92. The number of aliphatic carboxylic acids is 1. The zero-order chi connectivity index (χ0) is 24.9. The molecule has 35 heavy (non-hydrogen) atoms. The van der Waals surface area contributed by atoms with E-state index in [0.29, 0.717) is 12.8 Å². The number of hydrogen-bond donors (Lipinski definition) is 2. The minimum absolute atomic E-state index is 0.0151. The van der Waals surface area contributed by atoms with Crippen molar-refractivity contribution in [1.29, 1.82) is 0 Å². The van der Waals surface area contributed by atoms with Gasteiger partial charge in [0.15, 0.2) is 0 Å². The van der Waals surface area contributed by atoms with E-state index >= 15 is 0 Å². The largest absolute Gasteiger partial charge is 0.480 e. The van der Waals surface area contributed by atoms with Crippen LogP contribution in [-0.2, 0) is 19.1 Å². The Hall–Kier alpha value is -3.39. The van der Waals surface area contributed by atoms with Crippen LogP contribution in [0.25, 0.3) is 11.1 Å². The van der Waals surface area contributed by atoms with Gasteiger partial charge in [0.25, 0.3) is 0 Å². The maximum atomic E-state index is 12.9. The van der Waals surface area contributed by atoms with Gasteiger partial charge >= 0.3 is 12.1 Å². The summed E-state index contributed by atoms with van der Waals surface area (Å²) in [6.45, 7) is 4.09. The van der Waals surface area contributed by atoms with Crippen molar-refractivity contribution in [2.75, 3.05) is 26.3 Å². The number of hydrogen-bond acceptors (Lipinski definition) is 5. The van der Waals surface area contributed by atoms with Gasteiger partial charge < -0.3 is 24.8 Å². The molecule has 1 saturated heterocycles. The molecular weight excluding hydrogens is 448 g/mol. The molecule has 3 atom stereocenters. The number of carboxylic acid groups (broad SMARTS) is 1. The molecule has 2 aromatic carbocycles. The molecular formula is C27H32N2O6. The van der Waals surface area contributed by atoms with E-state index in [1.54, 1.807) is 0 Å². The van der Waals surface area contributed by atoms with Crippen LogP contribution in [0.2, 0.25) is 0 Å². The summed E-state index contributed by atoms with van der Waals surface area (Å²) in [6, 6.07) is 16.1. The molecule has 2 N–H and O–H groups in total. The van der Waals surface area contributed by atoms with Crippen LogP contribution in [0.1, 0.15) is 43.7 Å². The first-order chi connectivity index (χ1) is 16.9. The van der Waals surface area contributed by atoms with Gasteiger partial charge in [0.05, 0.1) is 18.6 Å². The van der Waals surface area contributed by atoms with Gasteiger partial charge in [-0.2, -0.15) is 0 Å². The summed E-state index contributed by atoms with van der Waals surface area (Å²) in [6.07, 6.45) is 0.236. The Morgan fingerprint density at radius 3 is 2.34 bits per heavy atom. The third kappa shape index (κ3) is 5.48. The number of fused-ring (bicyclic) bond motifs is 3. The molecule has 4 rings (SSSR count). The maximum absolute atomic E-state index is 12.9. The van der Waals surface area contributed by atoms with Crippen molar-refractivity contribution < 1.29 is 29.0 Å². The van der Waals surface area contributed by atoms with E-state index in [1.165, 1.54) is 16.0 Å². The molecule has 2 aromatic rings. The van der Waals surface area contributed by atoms with E-state index in [4.69, 9.17) is 14.6 Å². The first-order valence-corrected chi connectivity index (χ1v) is 12.1. The second-order valence-corrected chi connectivity index (χ2v) is 9.21. The van der Waals surface area contributed by atoms with Crippen LogP contribution in [0.5, 0.6) is 0 Å². The van der Waals surface area contributed by atoms with Crippen LogP contribution in [-0.4, -0.2) is 66.4 Å². The zero-order valence-electron chi connectivity index (χ0n) is 20.1. The van der Waals surface area contributed by atoms with E-state index in [0.717, 1.165) is 11.1 Å². The van der Waals surface area contributed by atoms with E-state index in [2.05, 4.69) is 29.6 Å². The lowest BCUT2D eigenvalue weighted by Crippen LogP contribution is -2.45. The average Bonchev–Trinajstić information content (AvgIpc) is 3.47. The van der Waals surface area contributed by atoms with Gasteiger partial charge in [0, 0.05) is 18.5 Å². The predicted octanol–water partition coefficient (Wildman–Crippen LogP) is 3.64. The highest BCUT2D eigenvalue weighted by molar-refractivity contribution is 5.84. The van der Waals surface area contributed by atoms with Crippen molar-refractivity contribution in [3.8, 4) is 11.1 Å². The number of alkyl carbamates (subject to hydrolysis) is 1. The Balaban J connectivity index is 1.27. The van der Waals surface area contributed by atoms with Crippen LogP contribution >= 0.6 is 0 Å². The molecule has 1 fully saturated rings. The summed E-state index contributed by atoms with van der Waals surface area (Å²) < 4.78 is 11.3. The standard InChI is InChI=1S/C27H32N2O6/c1-3-17(2)29(14-25(30)31)26(32)18-12-19(34-15-18)13-28-27(33)35-16-24-22-10-6-4-8-20(22)21-9-5-7-11-23(21)24/h4-11,17-19,24H,3,12-16H2,1-2H3,(H,28,33)(H,30,31)/t17?,18-,19-/m0/s1. The molecule has 1 aliphatic carbocycles. The van der Waals surface area contributed by atoms with E-state index in [1.807, 2.05) is 38.1 Å². The van der Waals surface area contributed by atoms with Crippen LogP contribution in [0.4, 0.5) is 4.79 Å². The van der Waals surface area contributed by atoms with Crippen LogP contribution < -0.4 is 5.32 Å². The van der Waals surface area contributed by atoms with Crippen LogP contribution in [0.3, 0.4) is 0 Å². The lowest BCUT2D eigenvalue weighted by atomic mass is 9.98. The zero-order valence-corrected chi connectivity index (χ0v) is 20.1. The maximum Gasteiger partial charge on any atom is 0.407 e. The molecule has 1 unspecified atom stereocenters. The lowest BCUT2D eigenvalue weighted by Gasteiger charge is -2.29. The second-order valence-electron chi connectivity index (χ2n) is 9.21. The van der Waals surface area contributed by atoms with Crippen molar-refractivity contribution in [3.63, 3.8) is 0 Å². The first-order valence-electron chi connectivity index (χ1n) is 12.1. The van der Waals surface area contributed by atoms with E-state index in [9.17, 15) is 14.4 Å². The average molecular weight is 481 g/mol. The van der Waals surface area contributed by atoms with Crippen molar-refractivity contribution in [1.82, 2.24) is 10.2 Å². The van der Waals surface area contributed by atoms with Crippen molar-refractivity contribution in [2.24, 2.45) is 5.92 Å². The van der Waals surface area contributed by atoms with Crippen molar-refractivity contribution in [2.45, 2.75) is 44.8 Å². The third-order valence-electron chi connectivity index (χ3n) is 6.96. The number of nitrogens with one attached hydrogen (secondary N) is 1. The van der Waals surface area contributed by atoms with Gasteiger partial charge in [-0.15, -0.1) is 0 Å². The number of carbonyl (C=O) groups is 3. The highest BCUT2D eigenvalue weighted by Crippen LogP contribution is 2.44. The Bertz CT molecular complexity index is 1040. The van der Waals surface area contributed by atoms with Gasteiger partial charge in [-0.05, 0) is 42.0 Å². The normalized spacial score (nSPS) is 19.5. The quantitative estimate of drug-likeness (QED) is 0.568. The first kappa shape index (κ1) is 24.7. The number of carbonyl (C=O) groups excluding carboxylic acids is 2. The Kier molecular flexibility index (Phi) is 7.70. The second kappa shape index (κ2) is 10.9. The fourth-order valence-corrected chi connectivity index (χ4v) is 4.92. The molecule has 8 nitrogen and oxygen atoms in total. The summed E-state index contributed by atoms with van der Waals surface area (Å²) in [5.74, 6) is -1.69. The fraction of sp³-hybridized carbons (Fsp3) is 0.444. The number of nitrogens with zero attached hydrogens (tertiary/aromatic N) is 1. The Labute approximate surface area is 205 Å². The number of amides is 2. The molecule has 0 radical (unpaired) electrons. The number of carboxylic acids is 1. The molecule has 0 spiro atoms. The highest BCUT2D eigenvalue weighted by Gasteiger charge is 2.36. The summed E-state index contributed by atoms with van der Waals surface area (Å²) >= 11 is 0. The Morgan fingerprint density at radius 1 is 1.11 bits per heavy atom. The smallest absolute Gasteiger partial charge is 0.407 e. The molecule has 0 bridgehead atoms. The van der Waals surface area contributed by atoms with Crippen LogP contribution in [0.15, 0.2) is 48.5 Å². The third-order valence-corrected chi connectivity index (χ3v) is 6.96. The minimum atomic E-state index is -1.04. The van der Waals surface area contributed by atoms with Crippen molar-refractivity contribution >= 4 is 18.0 Å². The summed E-state index contributed by atoms with van der Waals surface area (Å²) in [5.41, 5.74) is 4.63.